The van der Waals surface area contributed by atoms with E-state index in [2.05, 4.69) is 35.4 Å². The van der Waals surface area contributed by atoms with Gasteiger partial charge in [0.25, 0.3) is 0 Å². The normalized spacial score (nSPS) is 17.0. The topological polar surface area (TPSA) is 94.1 Å². The Balaban J connectivity index is 1.65. The highest BCUT2D eigenvalue weighted by Gasteiger charge is 2.23. The fourth-order valence-corrected chi connectivity index (χ4v) is 2.68. The quantitative estimate of drug-likeness (QED) is 0.830. The van der Waals surface area contributed by atoms with Crippen LogP contribution in [0.25, 0.3) is 11.5 Å². The number of aromatic nitrogens is 5. The molecule has 118 valence electrons. The first-order valence-corrected chi connectivity index (χ1v) is 7.42. The van der Waals surface area contributed by atoms with Crippen LogP contribution in [0.2, 0.25) is 0 Å². The molecule has 3 rings (SSSR count). The van der Waals surface area contributed by atoms with Crippen molar-refractivity contribution in [2.45, 2.75) is 19.4 Å². The molecule has 1 fully saturated rings. The van der Waals surface area contributed by atoms with Crippen LogP contribution < -0.4 is 4.90 Å². The molecule has 0 aliphatic carbocycles. The van der Waals surface area contributed by atoms with Crippen molar-refractivity contribution in [3.05, 3.63) is 18.2 Å². The zero-order valence-corrected chi connectivity index (χ0v) is 12.9. The molecule has 0 unspecified atom stereocenters. The van der Waals surface area contributed by atoms with Crippen LogP contribution in [0.5, 0.6) is 0 Å². The second-order valence-electron chi connectivity index (χ2n) is 6.19. The molecule has 0 radical (unpaired) electrons. The number of aromatic amines is 1. The van der Waals surface area contributed by atoms with E-state index in [-0.39, 0.29) is 0 Å². The minimum atomic E-state index is -0.654. The molecule has 2 aromatic heterocycles. The highest BCUT2D eigenvalue weighted by Crippen LogP contribution is 2.19. The predicted molar refractivity (Wildman–Crippen MR) is 82.4 cm³/mol. The number of rotatable bonds is 4. The van der Waals surface area contributed by atoms with Gasteiger partial charge in [0.05, 0.1) is 5.60 Å². The highest BCUT2D eigenvalue weighted by atomic mass is 16.3. The fourth-order valence-electron chi connectivity index (χ4n) is 2.68. The minimum Gasteiger partial charge on any atom is -0.389 e. The van der Waals surface area contributed by atoms with Crippen LogP contribution in [-0.2, 0) is 0 Å². The molecular weight excluding hydrogens is 282 g/mol. The molecule has 0 spiro atoms. The van der Waals surface area contributed by atoms with E-state index in [9.17, 15) is 5.11 Å². The highest BCUT2D eigenvalue weighted by molar-refractivity contribution is 5.53. The molecule has 0 atom stereocenters. The third kappa shape index (κ3) is 3.58. The number of H-pyrrole nitrogens is 1. The van der Waals surface area contributed by atoms with Crippen molar-refractivity contribution in [1.29, 1.82) is 0 Å². The number of piperazine rings is 1. The summed E-state index contributed by atoms with van der Waals surface area (Å²) in [5.74, 6) is 1.42. The molecule has 0 bridgehead atoms. The van der Waals surface area contributed by atoms with Gasteiger partial charge in [0.15, 0.2) is 0 Å². The summed E-state index contributed by atoms with van der Waals surface area (Å²) >= 11 is 0. The van der Waals surface area contributed by atoms with Crippen molar-refractivity contribution in [2.75, 3.05) is 37.6 Å². The standard InChI is InChI=1S/C14H21N7O/c1-14(2,22)10-20-6-8-21(9-7-20)12-5-3-4-11(15-12)13-16-18-19-17-13/h3-5,22H,6-10H2,1-2H3,(H,16,17,18,19). The Labute approximate surface area is 129 Å². The van der Waals surface area contributed by atoms with Gasteiger partial charge in [-0.05, 0) is 31.2 Å². The molecule has 3 heterocycles. The van der Waals surface area contributed by atoms with Gasteiger partial charge in [-0.1, -0.05) is 6.07 Å². The number of pyridine rings is 1. The summed E-state index contributed by atoms with van der Waals surface area (Å²) in [5.41, 5.74) is 0.0593. The van der Waals surface area contributed by atoms with Crippen LogP contribution in [0.3, 0.4) is 0 Å². The van der Waals surface area contributed by atoms with Gasteiger partial charge in [-0.3, -0.25) is 4.90 Å². The van der Waals surface area contributed by atoms with Crippen molar-refractivity contribution in [3.63, 3.8) is 0 Å². The van der Waals surface area contributed by atoms with Crippen LogP contribution in [0.4, 0.5) is 5.82 Å². The lowest BCUT2D eigenvalue weighted by Crippen LogP contribution is -2.50. The first-order valence-electron chi connectivity index (χ1n) is 7.42. The van der Waals surface area contributed by atoms with Crippen LogP contribution in [0.15, 0.2) is 18.2 Å². The van der Waals surface area contributed by atoms with Crippen molar-refractivity contribution in [3.8, 4) is 11.5 Å². The molecule has 2 N–H and O–H groups in total. The zero-order chi connectivity index (χ0) is 15.6. The largest absolute Gasteiger partial charge is 0.389 e. The predicted octanol–water partition coefficient (Wildman–Crippen LogP) is 0.155. The molecule has 8 nitrogen and oxygen atoms in total. The molecule has 1 saturated heterocycles. The Hall–Kier alpha value is -2.06. The minimum absolute atomic E-state index is 0.502. The van der Waals surface area contributed by atoms with Gasteiger partial charge in [-0.2, -0.15) is 5.21 Å². The van der Waals surface area contributed by atoms with E-state index in [0.717, 1.165) is 32.0 Å². The summed E-state index contributed by atoms with van der Waals surface area (Å²) in [4.78, 5) is 9.13. The van der Waals surface area contributed by atoms with Gasteiger partial charge >= 0.3 is 0 Å². The number of hydrogen-bond acceptors (Lipinski definition) is 7. The summed E-state index contributed by atoms with van der Waals surface area (Å²) in [5, 5.41) is 23.8. The van der Waals surface area contributed by atoms with Crippen molar-refractivity contribution in [2.24, 2.45) is 0 Å². The number of β-amino-alcohol motifs (C(OH)–C–C–N with tert-alkyl or cyclic N) is 1. The van der Waals surface area contributed by atoms with Gasteiger partial charge < -0.3 is 10.0 Å². The molecule has 0 amide bonds. The van der Waals surface area contributed by atoms with Crippen molar-refractivity contribution in [1.82, 2.24) is 30.5 Å². The second kappa shape index (κ2) is 5.98. The molecule has 1 aliphatic heterocycles. The lowest BCUT2D eigenvalue weighted by Gasteiger charge is -2.37. The van der Waals surface area contributed by atoms with E-state index in [1.807, 2.05) is 32.0 Å². The summed E-state index contributed by atoms with van der Waals surface area (Å²) < 4.78 is 0. The summed E-state index contributed by atoms with van der Waals surface area (Å²) in [6, 6.07) is 5.82. The van der Waals surface area contributed by atoms with Gasteiger partial charge in [0.1, 0.15) is 11.5 Å². The summed E-state index contributed by atoms with van der Waals surface area (Å²) in [6.45, 7) is 7.98. The number of anilines is 1. The third-order valence-corrected chi connectivity index (χ3v) is 3.62. The third-order valence-electron chi connectivity index (χ3n) is 3.62. The van der Waals surface area contributed by atoms with E-state index in [0.29, 0.717) is 18.1 Å². The van der Waals surface area contributed by atoms with Gasteiger partial charge in [-0.25, -0.2) is 4.98 Å². The molecular formula is C14H21N7O. The average Bonchev–Trinajstić information content (AvgIpc) is 3.01. The maximum absolute atomic E-state index is 9.90. The smallest absolute Gasteiger partial charge is 0.223 e. The maximum Gasteiger partial charge on any atom is 0.223 e. The SMILES string of the molecule is CC(C)(O)CN1CCN(c2cccc(-c3nn[nH]n3)n2)CC1. The first kappa shape index (κ1) is 14.9. The number of nitrogens with one attached hydrogen (secondary N) is 1. The lowest BCUT2D eigenvalue weighted by atomic mass is 10.1. The monoisotopic (exact) mass is 303 g/mol. The van der Waals surface area contributed by atoms with Crippen LogP contribution in [-0.4, -0.2) is 73.9 Å². The Bertz CT molecular complexity index is 600. The Morgan fingerprint density at radius 2 is 2.00 bits per heavy atom. The molecule has 0 aromatic carbocycles. The van der Waals surface area contributed by atoms with Crippen LogP contribution in [0.1, 0.15) is 13.8 Å². The molecule has 0 saturated carbocycles. The van der Waals surface area contributed by atoms with E-state index in [1.54, 1.807) is 0 Å². The maximum atomic E-state index is 9.90. The Morgan fingerprint density at radius 1 is 1.23 bits per heavy atom. The van der Waals surface area contributed by atoms with Gasteiger partial charge in [-0.15, -0.1) is 10.2 Å². The molecule has 8 heteroatoms. The van der Waals surface area contributed by atoms with E-state index < -0.39 is 5.60 Å². The van der Waals surface area contributed by atoms with Crippen LogP contribution in [0, 0.1) is 0 Å². The molecule has 1 aliphatic rings. The zero-order valence-electron chi connectivity index (χ0n) is 12.9. The number of hydrogen-bond donors (Lipinski definition) is 2. The van der Waals surface area contributed by atoms with Crippen molar-refractivity contribution < 1.29 is 5.11 Å². The average molecular weight is 303 g/mol. The number of aliphatic hydroxyl groups is 1. The molecule has 22 heavy (non-hydrogen) atoms. The van der Waals surface area contributed by atoms with E-state index in [4.69, 9.17) is 0 Å². The second-order valence-corrected chi connectivity index (χ2v) is 6.19. The van der Waals surface area contributed by atoms with Gasteiger partial charge in [0, 0.05) is 32.7 Å². The molecule has 2 aromatic rings. The Kier molecular flexibility index (Phi) is 4.04. The summed E-state index contributed by atoms with van der Waals surface area (Å²) in [6.07, 6.45) is 0. The van der Waals surface area contributed by atoms with E-state index in [1.165, 1.54) is 0 Å². The number of tetrazole rings is 1. The van der Waals surface area contributed by atoms with Gasteiger partial charge in [0.2, 0.25) is 5.82 Å². The lowest BCUT2D eigenvalue weighted by molar-refractivity contribution is 0.0344. The first-order chi connectivity index (χ1) is 10.5. The van der Waals surface area contributed by atoms with E-state index >= 15 is 0 Å². The van der Waals surface area contributed by atoms with Crippen molar-refractivity contribution >= 4 is 5.82 Å². The summed E-state index contributed by atoms with van der Waals surface area (Å²) in [7, 11) is 0. The van der Waals surface area contributed by atoms with Crippen LogP contribution >= 0.6 is 0 Å². The Morgan fingerprint density at radius 3 is 2.64 bits per heavy atom. The fraction of sp³-hybridized carbons (Fsp3) is 0.571. The number of nitrogens with zero attached hydrogens (tertiary/aromatic N) is 6.